The smallest absolute Gasteiger partial charge is 0.275 e. The minimum Gasteiger partial charge on any atom is -0.325 e. The van der Waals surface area contributed by atoms with Crippen molar-refractivity contribution in [3.05, 3.63) is 29.2 Å². The van der Waals surface area contributed by atoms with Crippen molar-refractivity contribution >= 4 is 17.3 Å². The average molecular weight is 425 g/mol. The molecule has 31 heavy (non-hydrogen) atoms. The topological polar surface area (TPSA) is 67.6 Å². The van der Waals surface area contributed by atoms with Crippen molar-refractivity contribution in [2.75, 3.05) is 6.54 Å². The van der Waals surface area contributed by atoms with E-state index in [0.717, 1.165) is 23.5 Å². The first-order chi connectivity index (χ1) is 14.5. The van der Waals surface area contributed by atoms with Crippen LogP contribution in [0.1, 0.15) is 101 Å². The van der Waals surface area contributed by atoms with Gasteiger partial charge < -0.3 is 4.90 Å². The minimum absolute atomic E-state index is 0.100. The van der Waals surface area contributed by atoms with E-state index in [1.165, 1.54) is 25.7 Å². The molecule has 0 radical (unpaired) electrons. The Balaban J connectivity index is 1.69. The summed E-state index contributed by atoms with van der Waals surface area (Å²) in [7, 11) is 0. The number of hydrogen-bond donors (Lipinski definition) is 0. The van der Waals surface area contributed by atoms with Gasteiger partial charge in [-0.1, -0.05) is 53.4 Å². The molecule has 6 heteroatoms. The Morgan fingerprint density at radius 1 is 1.16 bits per heavy atom. The zero-order chi connectivity index (χ0) is 22.6. The second kappa shape index (κ2) is 7.72. The third kappa shape index (κ3) is 3.90. The van der Waals surface area contributed by atoms with Gasteiger partial charge in [-0.2, -0.15) is 5.10 Å². The van der Waals surface area contributed by atoms with Gasteiger partial charge in [-0.25, -0.2) is 9.50 Å². The molecule has 2 aliphatic rings. The number of carbonyl (C=O) groups excluding carboxylic acids is 2. The zero-order valence-electron chi connectivity index (χ0n) is 19.9. The second-order valence-electron chi connectivity index (χ2n) is 11.0. The van der Waals surface area contributed by atoms with Crippen LogP contribution in [0.25, 0.3) is 5.65 Å². The van der Waals surface area contributed by atoms with E-state index in [-0.39, 0.29) is 17.6 Å². The van der Waals surface area contributed by atoms with Crippen LogP contribution >= 0.6 is 0 Å². The fourth-order valence-electron chi connectivity index (χ4n) is 5.41. The maximum atomic E-state index is 13.5. The highest BCUT2D eigenvalue weighted by Gasteiger charge is 2.49. The number of piperidine rings is 1. The van der Waals surface area contributed by atoms with E-state index in [0.29, 0.717) is 24.6 Å². The molecule has 2 aromatic heterocycles. The number of hydrogen-bond acceptors (Lipinski definition) is 4. The fourth-order valence-corrected chi connectivity index (χ4v) is 5.41. The van der Waals surface area contributed by atoms with Crippen molar-refractivity contribution in [1.29, 1.82) is 0 Å². The van der Waals surface area contributed by atoms with Crippen molar-refractivity contribution in [3.8, 4) is 0 Å². The van der Waals surface area contributed by atoms with Crippen molar-refractivity contribution in [3.63, 3.8) is 0 Å². The van der Waals surface area contributed by atoms with Crippen molar-refractivity contribution in [2.24, 2.45) is 11.3 Å². The Morgan fingerprint density at radius 3 is 2.48 bits per heavy atom. The van der Waals surface area contributed by atoms with E-state index in [9.17, 15) is 9.59 Å². The number of aromatic nitrogens is 3. The Kier molecular flexibility index (Phi) is 5.47. The van der Waals surface area contributed by atoms with Crippen LogP contribution in [0.5, 0.6) is 0 Å². The number of Topliss-reactive ketones (excluding diaryl/α,β-unsaturated/α-hetero) is 1. The minimum atomic E-state index is -0.851. The molecule has 1 amide bonds. The third-order valence-corrected chi connectivity index (χ3v) is 7.34. The van der Waals surface area contributed by atoms with Crippen LogP contribution in [0.15, 0.2) is 12.1 Å². The lowest BCUT2D eigenvalue weighted by atomic mass is 9.72. The lowest BCUT2D eigenvalue weighted by molar-refractivity contribution is -0.141. The Labute approximate surface area is 185 Å². The number of nitrogens with zero attached hydrogens (tertiary/aromatic N) is 4. The first-order valence-electron chi connectivity index (χ1n) is 11.8. The second-order valence-corrected chi connectivity index (χ2v) is 11.0. The number of amides is 1. The molecule has 0 unspecified atom stereocenters. The summed E-state index contributed by atoms with van der Waals surface area (Å²) in [6.07, 6.45) is 6.85. The predicted molar refractivity (Wildman–Crippen MR) is 121 cm³/mol. The lowest BCUT2D eigenvalue weighted by Gasteiger charge is -2.47. The van der Waals surface area contributed by atoms with E-state index in [2.05, 4.69) is 25.0 Å². The van der Waals surface area contributed by atoms with Gasteiger partial charge in [0, 0.05) is 29.4 Å². The largest absolute Gasteiger partial charge is 0.325 e. The number of likely N-dealkylation sites (tertiary alicyclic amines) is 1. The molecule has 168 valence electrons. The van der Waals surface area contributed by atoms with Crippen LogP contribution in [0.3, 0.4) is 0 Å². The standard InChI is InChI=1S/C25H36N4O2/c1-16(2)20-14-18(13-17-9-7-8-10-17)26-21-15-19(27-29(20)21)22(30)28-12-11-24(3,4)23(31)25(28,5)6/h14-17H,7-13H2,1-6H3. The van der Waals surface area contributed by atoms with E-state index < -0.39 is 11.0 Å². The molecule has 1 aliphatic heterocycles. The number of rotatable bonds is 4. The lowest BCUT2D eigenvalue weighted by Crippen LogP contribution is -2.61. The van der Waals surface area contributed by atoms with Crippen LogP contribution in [0.4, 0.5) is 0 Å². The van der Waals surface area contributed by atoms with Crippen molar-refractivity contribution in [2.45, 2.75) is 91.5 Å². The van der Waals surface area contributed by atoms with Gasteiger partial charge >= 0.3 is 0 Å². The summed E-state index contributed by atoms with van der Waals surface area (Å²) in [4.78, 5) is 33.0. The fraction of sp³-hybridized carbons (Fsp3) is 0.680. The maximum Gasteiger partial charge on any atom is 0.275 e. The molecule has 1 saturated heterocycles. The van der Waals surface area contributed by atoms with Crippen LogP contribution < -0.4 is 0 Å². The van der Waals surface area contributed by atoms with Crippen LogP contribution in [0, 0.1) is 11.3 Å². The molecule has 0 aromatic carbocycles. The van der Waals surface area contributed by atoms with Crippen LogP contribution in [0.2, 0.25) is 0 Å². The van der Waals surface area contributed by atoms with Gasteiger partial charge in [0.05, 0.1) is 5.54 Å². The molecule has 0 N–H and O–H groups in total. The van der Waals surface area contributed by atoms with Gasteiger partial charge in [-0.05, 0) is 44.6 Å². The Bertz CT molecular complexity index is 1010. The first-order valence-corrected chi connectivity index (χ1v) is 11.8. The normalized spacial score (nSPS) is 21.4. The number of carbonyl (C=O) groups is 2. The summed E-state index contributed by atoms with van der Waals surface area (Å²) in [5.74, 6) is 0.890. The van der Waals surface area contributed by atoms with Crippen molar-refractivity contribution < 1.29 is 9.59 Å². The van der Waals surface area contributed by atoms with E-state index in [1.54, 1.807) is 11.0 Å². The van der Waals surface area contributed by atoms with Gasteiger partial charge in [0.15, 0.2) is 17.1 Å². The zero-order valence-corrected chi connectivity index (χ0v) is 19.9. The van der Waals surface area contributed by atoms with E-state index in [4.69, 9.17) is 4.98 Å². The molecule has 0 atom stereocenters. The number of ketones is 1. The highest BCUT2D eigenvalue weighted by Crippen LogP contribution is 2.37. The Hall–Kier alpha value is -2.24. The molecule has 1 saturated carbocycles. The molecular formula is C25H36N4O2. The summed E-state index contributed by atoms with van der Waals surface area (Å²) < 4.78 is 1.82. The molecule has 1 aliphatic carbocycles. The molecule has 0 spiro atoms. The monoisotopic (exact) mass is 424 g/mol. The summed E-state index contributed by atoms with van der Waals surface area (Å²) in [6.45, 7) is 12.5. The third-order valence-electron chi connectivity index (χ3n) is 7.34. The summed E-state index contributed by atoms with van der Waals surface area (Å²) >= 11 is 0. The van der Waals surface area contributed by atoms with Gasteiger partial charge in [-0.3, -0.25) is 9.59 Å². The molecule has 0 bridgehead atoms. The molecule has 2 aromatic rings. The molecular weight excluding hydrogens is 388 g/mol. The number of fused-ring (bicyclic) bond motifs is 1. The van der Waals surface area contributed by atoms with Gasteiger partial charge in [-0.15, -0.1) is 0 Å². The molecule has 3 heterocycles. The average Bonchev–Trinajstić information content (AvgIpc) is 3.35. The van der Waals surface area contributed by atoms with Gasteiger partial charge in [0.1, 0.15) is 0 Å². The maximum absolute atomic E-state index is 13.5. The van der Waals surface area contributed by atoms with E-state index in [1.807, 2.05) is 32.2 Å². The predicted octanol–water partition coefficient (Wildman–Crippen LogP) is 4.81. The SMILES string of the molecule is CC(C)c1cc(CC2CCCC2)nc2cc(C(=O)N3CCC(C)(C)C(=O)C3(C)C)nn12. The summed E-state index contributed by atoms with van der Waals surface area (Å²) in [6, 6.07) is 3.96. The van der Waals surface area contributed by atoms with Crippen molar-refractivity contribution in [1.82, 2.24) is 19.5 Å². The van der Waals surface area contributed by atoms with Crippen LogP contribution in [-0.4, -0.2) is 43.3 Å². The summed E-state index contributed by atoms with van der Waals surface area (Å²) in [5, 5.41) is 4.66. The highest BCUT2D eigenvalue weighted by molar-refractivity contribution is 6.01. The van der Waals surface area contributed by atoms with Crippen LogP contribution in [-0.2, 0) is 11.2 Å². The quantitative estimate of drug-likeness (QED) is 0.707. The first kappa shape index (κ1) is 22.0. The van der Waals surface area contributed by atoms with Gasteiger partial charge in [0.2, 0.25) is 0 Å². The highest BCUT2D eigenvalue weighted by atomic mass is 16.2. The molecule has 2 fully saturated rings. The molecule has 6 nitrogen and oxygen atoms in total. The van der Waals surface area contributed by atoms with E-state index >= 15 is 0 Å². The molecule has 4 rings (SSSR count). The summed E-state index contributed by atoms with van der Waals surface area (Å²) in [5.41, 5.74) is 2.00. The van der Waals surface area contributed by atoms with Gasteiger partial charge in [0.25, 0.3) is 5.91 Å². The Morgan fingerprint density at radius 2 is 1.84 bits per heavy atom.